The number of para-hydroxylation sites is 1. The summed E-state index contributed by atoms with van der Waals surface area (Å²) in [4.78, 5) is 0. The number of anilines is 1. The molecule has 0 spiro atoms. The Hall–Kier alpha value is -0.980. The second-order valence-electron chi connectivity index (χ2n) is 4.74. The van der Waals surface area contributed by atoms with Crippen LogP contribution in [0.5, 0.6) is 0 Å². The van der Waals surface area contributed by atoms with Gasteiger partial charge >= 0.3 is 0 Å². The number of benzene rings is 1. The van der Waals surface area contributed by atoms with Crippen LogP contribution in [0.4, 0.5) is 5.69 Å². The summed E-state index contributed by atoms with van der Waals surface area (Å²) in [6, 6.07) is 9.26. The molecule has 0 amide bonds. The molecule has 1 nitrogen and oxygen atoms in total. The molecule has 1 unspecified atom stereocenters. The van der Waals surface area contributed by atoms with Gasteiger partial charge in [0.15, 0.2) is 0 Å². The summed E-state index contributed by atoms with van der Waals surface area (Å²) in [6.45, 7) is 4.51. The zero-order valence-electron chi connectivity index (χ0n) is 9.79. The SMILES string of the molecule is CCc1ccccc1NC(C)CC1CC1. The molecule has 82 valence electrons. The maximum absolute atomic E-state index is 3.63. The van der Waals surface area contributed by atoms with Gasteiger partial charge in [0, 0.05) is 11.7 Å². The molecule has 0 aliphatic heterocycles. The molecular weight excluding hydrogens is 182 g/mol. The fraction of sp³-hybridized carbons (Fsp3) is 0.571. The Morgan fingerprint density at radius 3 is 2.73 bits per heavy atom. The third-order valence-electron chi connectivity index (χ3n) is 3.18. The van der Waals surface area contributed by atoms with Gasteiger partial charge in [0.05, 0.1) is 0 Å². The average Bonchev–Trinajstić information content (AvgIpc) is 3.02. The van der Waals surface area contributed by atoms with E-state index in [0.29, 0.717) is 6.04 Å². The van der Waals surface area contributed by atoms with Crippen molar-refractivity contribution in [2.45, 2.75) is 45.6 Å². The fourth-order valence-corrected chi connectivity index (χ4v) is 2.15. The van der Waals surface area contributed by atoms with E-state index in [1.54, 1.807) is 0 Å². The highest BCUT2D eigenvalue weighted by Crippen LogP contribution is 2.34. The lowest BCUT2D eigenvalue weighted by atomic mass is 10.1. The minimum Gasteiger partial charge on any atom is -0.382 e. The Balaban J connectivity index is 1.95. The molecule has 0 saturated heterocycles. The maximum Gasteiger partial charge on any atom is 0.0374 e. The van der Waals surface area contributed by atoms with E-state index in [9.17, 15) is 0 Å². The first-order valence-corrected chi connectivity index (χ1v) is 6.14. The molecule has 1 N–H and O–H groups in total. The highest BCUT2D eigenvalue weighted by molar-refractivity contribution is 5.51. The minimum atomic E-state index is 0.616. The van der Waals surface area contributed by atoms with Crippen molar-refractivity contribution < 1.29 is 0 Å². The van der Waals surface area contributed by atoms with Crippen LogP contribution in [0.2, 0.25) is 0 Å². The van der Waals surface area contributed by atoms with Gasteiger partial charge in [0.25, 0.3) is 0 Å². The molecule has 1 atom stereocenters. The Kier molecular flexibility index (Phi) is 3.30. The maximum atomic E-state index is 3.63. The van der Waals surface area contributed by atoms with E-state index < -0.39 is 0 Å². The van der Waals surface area contributed by atoms with Crippen LogP contribution >= 0.6 is 0 Å². The molecule has 15 heavy (non-hydrogen) atoms. The molecule has 0 heterocycles. The number of aryl methyl sites for hydroxylation is 1. The third kappa shape index (κ3) is 2.98. The number of hydrogen-bond acceptors (Lipinski definition) is 1. The lowest BCUT2D eigenvalue weighted by Gasteiger charge is -2.17. The molecule has 0 aromatic heterocycles. The highest BCUT2D eigenvalue weighted by Gasteiger charge is 2.23. The van der Waals surface area contributed by atoms with Crippen molar-refractivity contribution in [3.05, 3.63) is 29.8 Å². The minimum absolute atomic E-state index is 0.616. The third-order valence-corrected chi connectivity index (χ3v) is 3.18. The molecule has 1 aromatic rings. The summed E-state index contributed by atoms with van der Waals surface area (Å²) < 4.78 is 0. The van der Waals surface area contributed by atoms with Crippen molar-refractivity contribution >= 4 is 5.69 Å². The summed E-state index contributed by atoms with van der Waals surface area (Å²) >= 11 is 0. The Morgan fingerprint density at radius 2 is 2.07 bits per heavy atom. The largest absolute Gasteiger partial charge is 0.382 e. The molecule has 0 bridgehead atoms. The van der Waals surface area contributed by atoms with E-state index in [2.05, 4.69) is 43.4 Å². The van der Waals surface area contributed by atoms with Gasteiger partial charge < -0.3 is 5.32 Å². The lowest BCUT2D eigenvalue weighted by Crippen LogP contribution is -2.16. The van der Waals surface area contributed by atoms with Gasteiger partial charge in [-0.1, -0.05) is 38.0 Å². The average molecular weight is 203 g/mol. The Labute approximate surface area is 92.9 Å². The molecule has 1 heteroatoms. The monoisotopic (exact) mass is 203 g/mol. The van der Waals surface area contributed by atoms with Crippen LogP contribution in [-0.4, -0.2) is 6.04 Å². The zero-order chi connectivity index (χ0) is 10.7. The van der Waals surface area contributed by atoms with Gasteiger partial charge in [-0.05, 0) is 37.3 Å². The summed E-state index contributed by atoms with van der Waals surface area (Å²) in [6.07, 6.45) is 5.33. The second kappa shape index (κ2) is 4.69. The standard InChI is InChI=1S/C14H21N/c1-3-13-6-4-5-7-14(13)15-11(2)10-12-8-9-12/h4-7,11-12,15H,3,8-10H2,1-2H3. The van der Waals surface area contributed by atoms with E-state index in [-0.39, 0.29) is 0 Å². The molecular formula is C14H21N. The number of rotatable bonds is 5. The molecule has 1 fully saturated rings. The first-order chi connectivity index (χ1) is 7.29. The van der Waals surface area contributed by atoms with Gasteiger partial charge in [-0.15, -0.1) is 0 Å². The van der Waals surface area contributed by atoms with Crippen LogP contribution in [0.3, 0.4) is 0 Å². The predicted octanol–water partition coefficient (Wildman–Crippen LogP) is 3.85. The van der Waals surface area contributed by atoms with Crippen LogP contribution < -0.4 is 5.32 Å². The first kappa shape index (κ1) is 10.5. The normalized spacial score (nSPS) is 17.5. The Bertz CT molecular complexity index is 315. The fourth-order valence-electron chi connectivity index (χ4n) is 2.15. The Morgan fingerprint density at radius 1 is 1.33 bits per heavy atom. The van der Waals surface area contributed by atoms with Crippen molar-refractivity contribution in [3.8, 4) is 0 Å². The van der Waals surface area contributed by atoms with Gasteiger partial charge in [-0.25, -0.2) is 0 Å². The van der Waals surface area contributed by atoms with Crippen LogP contribution in [-0.2, 0) is 6.42 Å². The molecule has 1 aliphatic carbocycles. The van der Waals surface area contributed by atoms with Crippen LogP contribution in [0.1, 0.15) is 38.7 Å². The summed E-state index contributed by atoms with van der Waals surface area (Å²) in [5.41, 5.74) is 2.76. The van der Waals surface area contributed by atoms with Crippen molar-refractivity contribution in [1.29, 1.82) is 0 Å². The second-order valence-corrected chi connectivity index (χ2v) is 4.74. The molecule has 1 aromatic carbocycles. The zero-order valence-corrected chi connectivity index (χ0v) is 9.79. The van der Waals surface area contributed by atoms with E-state index in [0.717, 1.165) is 12.3 Å². The van der Waals surface area contributed by atoms with Gasteiger partial charge in [0.1, 0.15) is 0 Å². The summed E-state index contributed by atoms with van der Waals surface area (Å²) in [5.74, 6) is 1.00. The van der Waals surface area contributed by atoms with Crippen LogP contribution in [0.25, 0.3) is 0 Å². The summed E-state index contributed by atoms with van der Waals surface area (Å²) in [5, 5.41) is 3.63. The van der Waals surface area contributed by atoms with E-state index >= 15 is 0 Å². The summed E-state index contributed by atoms with van der Waals surface area (Å²) in [7, 11) is 0. The molecule has 1 saturated carbocycles. The van der Waals surface area contributed by atoms with E-state index in [1.807, 2.05) is 0 Å². The van der Waals surface area contributed by atoms with Crippen molar-refractivity contribution in [2.24, 2.45) is 5.92 Å². The lowest BCUT2D eigenvalue weighted by molar-refractivity contribution is 0.641. The molecule has 0 radical (unpaired) electrons. The van der Waals surface area contributed by atoms with E-state index in [1.165, 1.54) is 30.5 Å². The highest BCUT2D eigenvalue weighted by atomic mass is 14.9. The van der Waals surface area contributed by atoms with Crippen LogP contribution in [0, 0.1) is 5.92 Å². The van der Waals surface area contributed by atoms with Crippen molar-refractivity contribution in [2.75, 3.05) is 5.32 Å². The van der Waals surface area contributed by atoms with Crippen molar-refractivity contribution in [3.63, 3.8) is 0 Å². The first-order valence-electron chi connectivity index (χ1n) is 6.14. The smallest absolute Gasteiger partial charge is 0.0374 e. The van der Waals surface area contributed by atoms with Crippen molar-refractivity contribution in [1.82, 2.24) is 0 Å². The van der Waals surface area contributed by atoms with E-state index in [4.69, 9.17) is 0 Å². The quantitative estimate of drug-likeness (QED) is 0.766. The molecule has 1 aliphatic rings. The van der Waals surface area contributed by atoms with Gasteiger partial charge in [-0.2, -0.15) is 0 Å². The topological polar surface area (TPSA) is 12.0 Å². The molecule has 2 rings (SSSR count). The van der Waals surface area contributed by atoms with Gasteiger partial charge in [0.2, 0.25) is 0 Å². The van der Waals surface area contributed by atoms with Crippen LogP contribution in [0.15, 0.2) is 24.3 Å². The number of hydrogen-bond donors (Lipinski definition) is 1. The van der Waals surface area contributed by atoms with Gasteiger partial charge in [-0.3, -0.25) is 0 Å². The predicted molar refractivity (Wildman–Crippen MR) is 66.2 cm³/mol. The number of nitrogens with one attached hydrogen (secondary N) is 1.